The number of carbonyl (C=O) groups is 2. The van der Waals surface area contributed by atoms with Crippen molar-refractivity contribution in [2.45, 2.75) is 11.8 Å². The van der Waals surface area contributed by atoms with Gasteiger partial charge in [-0.2, -0.15) is 5.10 Å². The molecule has 0 aliphatic carbocycles. The van der Waals surface area contributed by atoms with Crippen LogP contribution in [0.5, 0.6) is 11.5 Å². The summed E-state index contributed by atoms with van der Waals surface area (Å²) in [7, 11) is -3.96. The minimum Gasteiger partial charge on any atom is -0.455 e. The zero-order valence-electron chi connectivity index (χ0n) is 19.2. The molecule has 0 spiro atoms. The van der Waals surface area contributed by atoms with Crippen molar-refractivity contribution >= 4 is 33.3 Å². The van der Waals surface area contributed by atoms with Crippen molar-refractivity contribution in [3.63, 3.8) is 0 Å². The molecule has 4 rings (SSSR count). The maximum absolute atomic E-state index is 12.9. The summed E-state index contributed by atoms with van der Waals surface area (Å²) >= 11 is 0. The molecule has 0 unspecified atom stereocenters. The van der Waals surface area contributed by atoms with Crippen LogP contribution in [0.1, 0.15) is 16.1 Å². The van der Waals surface area contributed by atoms with Crippen molar-refractivity contribution in [3.05, 3.63) is 96.2 Å². The van der Waals surface area contributed by atoms with Crippen molar-refractivity contribution < 1.29 is 22.7 Å². The number of aryl methyl sites for hydroxylation is 1. The number of para-hydroxylation sites is 3. The first-order chi connectivity index (χ1) is 17.3. The Hall–Kier alpha value is -4.64. The lowest BCUT2D eigenvalue weighted by Gasteiger charge is -2.13. The van der Waals surface area contributed by atoms with Gasteiger partial charge in [0.1, 0.15) is 5.75 Å². The largest absolute Gasteiger partial charge is 0.455 e. The molecule has 36 heavy (non-hydrogen) atoms. The molecule has 0 bridgehead atoms. The maximum atomic E-state index is 12.9. The van der Waals surface area contributed by atoms with E-state index in [-0.39, 0.29) is 22.7 Å². The summed E-state index contributed by atoms with van der Waals surface area (Å²) in [5, 5.41) is 11.6. The van der Waals surface area contributed by atoms with E-state index in [1.165, 1.54) is 24.3 Å². The van der Waals surface area contributed by atoms with Crippen LogP contribution in [0.4, 0.5) is 11.5 Å². The Kier molecular flexibility index (Phi) is 7.31. The van der Waals surface area contributed by atoms with Gasteiger partial charge in [-0.1, -0.05) is 30.3 Å². The highest BCUT2D eigenvalue weighted by Crippen LogP contribution is 2.30. The second kappa shape index (κ2) is 10.7. The normalized spacial score (nSPS) is 10.9. The number of nitrogens with one attached hydrogen (secondary N) is 4. The number of hydrogen-bond donors (Lipinski definition) is 4. The van der Waals surface area contributed by atoms with Gasteiger partial charge in [0.15, 0.2) is 11.6 Å². The highest BCUT2D eigenvalue weighted by molar-refractivity contribution is 7.92. The molecule has 4 N–H and O–H groups in total. The Morgan fingerprint density at radius 1 is 0.944 bits per heavy atom. The quantitative estimate of drug-likeness (QED) is 0.273. The first-order valence-corrected chi connectivity index (χ1v) is 12.3. The molecule has 0 fully saturated rings. The predicted molar refractivity (Wildman–Crippen MR) is 134 cm³/mol. The third kappa shape index (κ3) is 6.27. The van der Waals surface area contributed by atoms with Crippen molar-refractivity contribution in [1.29, 1.82) is 0 Å². The van der Waals surface area contributed by atoms with E-state index >= 15 is 0 Å². The Balaban J connectivity index is 1.38. The van der Waals surface area contributed by atoms with Crippen LogP contribution < -0.4 is 20.1 Å². The fourth-order valence-electron chi connectivity index (χ4n) is 3.18. The van der Waals surface area contributed by atoms with Gasteiger partial charge in [-0.3, -0.25) is 19.4 Å². The van der Waals surface area contributed by atoms with Crippen LogP contribution in [0, 0.1) is 6.92 Å². The van der Waals surface area contributed by atoms with Crippen LogP contribution in [0.2, 0.25) is 0 Å². The van der Waals surface area contributed by atoms with E-state index in [4.69, 9.17) is 4.74 Å². The third-order valence-electron chi connectivity index (χ3n) is 4.91. The lowest BCUT2D eigenvalue weighted by Crippen LogP contribution is -2.32. The molecule has 10 nitrogen and oxygen atoms in total. The van der Waals surface area contributed by atoms with Crippen molar-refractivity contribution in [2.75, 3.05) is 16.6 Å². The van der Waals surface area contributed by atoms with Crippen molar-refractivity contribution in [3.8, 4) is 11.5 Å². The van der Waals surface area contributed by atoms with Gasteiger partial charge in [0.2, 0.25) is 5.91 Å². The number of aromatic nitrogens is 2. The highest BCUT2D eigenvalue weighted by Gasteiger charge is 2.18. The van der Waals surface area contributed by atoms with Gasteiger partial charge in [-0.15, -0.1) is 0 Å². The zero-order chi connectivity index (χ0) is 25.5. The summed E-state index contributed by atoms with van der Waals surface area (Å²) < 4.78 is 34.2. The molecule has 4 aromatic rings. The maximum Gasteiger partial charge on any atom is 0.262 e. The second-order valence-electron chi connectivity index (χ2n) is 7.71. The van der Waals surface area contributed by atoms with Gasteiger partial charge in [-0.25, -0.2) is 8.42 Å². The number of hydrogen-bond acceptors (Lipinski definition) is 6. The minimum absolute atomic E-state index is 0.0415. The van der Waals surface area contributed by atoms with Gasteiger partial charge in [0.05, 0.1) is 17.1 Å². The van der Waals surface area contributed by atoms with Gasteiger partial charge in [-0.05, 0) is 55.5 Å². The molecular weight excluding hydrogens is 482 g/mol. The number of aromatic amines is 1. The molecule has 184 valence electrons. The summed E-state index contributed by atoms with van der Waals surface area (Å²) in [6, 6.07) is 22.7. The molecule has 0 radical (unpaired) electrons. The van der Waals surface area contributed by atoms with E-state index in [1.807, 2.05) is 18.2 Å². The number of ether oxygens (including phenoxy) is 1. The first kappa shape index (κ1) is 24.5. The highest BCUT2D eigenvalue weighted by atomic mass is 32.2. The average molecular weight is 506 g/mol. The van der Waals surface area contributed by atoms with Gasteiger partial charge in [0.25, 0.3) is 15.9 Å². The van der Waals surface area contributed by atoms with Crippen LogP contribution in [0.25, 0.3) is 0 Å². The molecule has 0 aliphatic heterocycles. The molecule has 0 saturated carbocycles. The molecule has 11 heteroatoms. The monoisotopic (exact) mass is 505 g/mol. The Labute approximate surface area is 207 Å². The lowest BCUT2D eigenvalue weighted by molar-refractivity contribution is -0.115. The Morgan fingerprint density at radius 3 is 2.33 bits per heavy atom. The number of amides is 2. The predicted octanol–water partition coefficient (Wildman–Crippen LogP) is 3.68. The Bertz CT molecular complexity index is 1470. The smallest absolute Gasteiger partial charge is 0.262 e. The molecule has 2 amide bonds. The number of H-pyrrole nitrogens is 1. The lowest BCUT2D eigenvalue weighted by atomic mass is 10.2. The van der Waals surface area contributed by atoms with Crippen LogP contribution in [-0.4, -0.2) is 37.0 Å². The van der Waals surface area contributed by atoms with E-state index in [1.54, 1.807) is 49.4 Å². The summed E-state index contributed by atoms with van der Waals surface area (Å²) in [5.74, 6) is 0.278. The molecular formula is C25H23N5O5S. The Morgan fingerprint density at radius 2 is 1.64 bits per heavy atom. The topological polar surface area (TPSA) is 142 Å². The number of rotatable bonds is 9. The molecule has 1 heterocycles. The second-order valence-corrected chi connectivity index (χ2v) is 9.39. The number of carbonyl (C=O) groups excluding carboxylic acids is 2. The number of benzene rings is 3. The summed E-state index contributed by atoms with van der Waals surface area (Å²) in [5.41, 5.74) is 1.25. The summed E-state index contributed by atoms with van der Waals surface area (Å²) in [6.45, 7) is 1.52. The van der Waals surface area contributed by atoms with E-state index in [0.717, 1.165) is 5.69 Å². The van der Waals surface area contributed by atoms with Gasteiger partial charge in [0, 0.05) is 17.3 Å². The molecule has 3 aromatic carbocycles. The van der Waals surface area contributed by atoms with Crippen LogP contribution in [0.15, 0.2) is 89.8 Å². The van der Waals surface area contributed by atoms with Crippen LogP contribution >= 0.6 is 0 Å². The standard InChI is InChI=1S/C25H23N5O5S/c1-17-15-23(29-28-17)27-24(31)16-26-25(32)18-11-13-20(14-12-18)36(33,34)30-21-9-5-6-10-22(21)35-19-7-3-2-4-8-19/h2-15,30H,16H2,1H3,(H,26,32)(H2,27,28,29,31). The fourth-order valence-corrected chi connectivity index (χ4v) is 4.25. The van der Waals surface area contributed by atoms with E-state index in [2.05, 4.69) is 25.6 Å². The van der Waals surface area contributed by atoms with Crippen molar-refractivity contribution in [2.24, 2.45) is 0 Å². The molecule has 0 saturated heterocycles. The SMILES string of the molecule is Cc1cc(NC(=O)CNC(=O)c2ccc(S(=O)(=O)Nc3ccccc3Oc3ccccc3)cc2)n[nH]1. The number of sulfonamides is 1. The van der Waals surface area contributed by atoms with Gasteiger partial charge < -0.3 is 15.4 Å². The van der Waals surface area contributed by atoms with E-state index in [0.29, 0.717) is 17.3 Å². The minimum atomic E-state index is -3.96. The van der Waals surface area contributed by atoms with Crippen LogP contribution in [-0.2, 0) is 14.8 Å². The molecule has 0 aliphatic rings. The summed E-state index contributed by atoms with van der Waals surface area (Å²) in [6.07, 6.45) is 0. The van der Waals surface area contributed by atoms with Crippen LogP contribution in [0.3, 0.4) is 0 Å². The van der Waals surface area contributed by atoms with Gasteiger partial charge >= 0.3 is 0 Å². The fraction of sp³-hybridized carbons (Fsp3) is 0.0800. The van der Waals surface area contributed by atoms with Crippen molar-refractivity contribution in [1.82, 2.24) is 15.5 Å². The average Bonchev–Trinajstić information content (AvgIpc) is 3.28. The zero-order valence-corrected chi connectivity index (χ0v) is 20.0. The number of nitrogens with zero attached hydrogens (tertiary/aromatic N) is 1. The van der Waals surface area contributed by atoms with E-state index < -0.39 is 21.8 Å². The number of anilines is 2. The first-order valence-electron chi connectivity index (χ1n) is 10.8. The molecule has 1 aromatic heterocycles. The van der Waals surface area contributed by atoms with E-state index in [9.17, 15) is 18.0 Å². The third-order valence-corrected chi connectivity index (χ3v) is 6.29. The summed E-state index contributed by atoms with van der Waals surface area (Å²) in [4.78, 5) is 24.3. The molecule has 0 atom stereocenters.